The molecule has 0 heterocycles. The van der Waals surface area contributed by atoms with E-state index in [1.165, 1.54) is 21.3 Å². The standard InChI is InChI=1S/C21H28N2O4/c1-21(2,3)15-9-7-8-10-16(15)22-13-19(24)23-14-11-17(25-4)20(27-6)18(12-14)26-5/h7-12,22H,13H2,1-6H3,(H,23,24). The summed E-state index contributed by atoms with van der Waals surface area (Å²) >= 11 is 0. The first-order valence-corrected chi connectivity index (χ1v) is 8.73. The van der Waals surface area contributed by atoms with Crippen LogP contribution in [0.5, 0.6) is 17.2 Å². The molecule has 1 amide bonds. The summed E-state index contributed by atoms with van der Waals surface area (Å²) in [6, 6.07) is 11.4. The fourth-order valence-corrected chi connectivity index (χ4v) is 2.83. The lowest BCUT2D eigenvalue weighted by atomic mass is 9.86. The third-order valence-corrected chi connectivity index (χ3v) is 4.12. The maximum atomic E-state index is 12.4. The Labute approximate surface area is 160 Å². The zero-order valence-corrected chi connectivity index (χ0v) is 16.8. The van der Waals surface area contributed by atoms with Crippen LogP contribution in [-0.2, 0) is 10.2 Å². The smallest absolute Gasteiger partial charge is 0.243 e. The van der Waals surface area contributed by atoms with E-state index in [0.717, 1.165) is 11.3 Å². The number of nitrogens with one attached hydrogen (secondary N) is 2. The summed E-state index contributed by atoms with van der Waals surface area (Å²) in [6.45, 7) is 6.57. The summed E-state index contributed by atoms with van der Waals surface area (Å²) in [5.41, 5.74) is 2.66. The average Bonchev–Trinajstić information content (AvgIpc) is 2.65. The minimum Gasteiger partial charge on any atom is -0.493 e. The van der Waals surface area contributed by atoms with Crippen molar-refractivity contribution in [3.8, 4) is 17.2 Å². The monoisotopic (exact) mass is 372 g/mol. The molecule has 0 aliphatic heterocycles. The van der Waals surface area contributed by atoms with Crippen LogP contribution in [0.15, 0.2) is 36.4 Å². The first kappa shape index (κ1) is 20.4. The van der Waals surface area contributed by atoms with Crippen molar-refractivity contribution in [1.82, 2.24) is 0 Å². The number of carbonyl (C=O) groups is 1. The maximum absolute atomic E-state index is 12.4. The Balaban J connectivity index is 2.11. The summed E-state index contributed by atoms with van der Waals surface area (Å²) in [5.74, 6) is 1.28. The van der Waals surface area contributed by atoms with Gasteiger partial charge < -0.3 is 24.8 Å². The van der Waals surface area contributed by atoms with Crippen LogP contribution in [0, 0.1) is 0 Å². The molecule has 0 aliphatic rings. The van der Waals surface area contributed by atoms with E-state index in [0.29, 0.717) is 22.9 Å². The van der Waals surface area contributed by atoms with Crippen LogP contribution < -0.4 is 24.8 Å². The highest BCUT2D eigenvalue weighted by molar-refractivity contribution is 5.94. The first-order chi connectivity index (χ1) is 12.8. The highest BCUT2D eigenvalue weighted by Crippen LogP contribution is 2.39. The van der Waals surface area contributed by atoms with E-state index in [9.17, 15) is 4.79 Å². The summed E-state index contributed by atoms with van der Waals surface area (Å²) in [7, 11) is 4.61. The molecule has 0 fully saturated rings. The van der Waals surface area contributed by atoms with Gasteiger partial charge in [-0.1, -0.05) is 39.0 Å². The molecule has 146 valence electrons. The highest BCUT2D eigenvalue weighted by Gasteiger charge is 2.18. The van der Waals surface area contributed by atoms with Crippen molar-refractivity contribution in [3.05, 3.63) is 42.0 Å². The van der Waals surface area contributed by atoms with Crippen LogP contribution in [0.3, 0.4) is 0 Å². The lowest BCUT2D eigenvalue weighted by Crippen LogP contribution is -2.23. The molecule has 0 atom stereocenters. The van der Waals surface area contributed by atoms with Crippen molar-refractivity contribution in [2.75, 3.05) is 38.5 Å². The molecule has 0 bridgehead atoms. The van der Waals surface area contributed by atoms with Gasteiger partial charge in [-0.25, -0.2) is 0 Å². The largest absolute Gasteiger partial charge is 0.493 e. The van der Waals surface area contributed by atoms with Gasteiger partial charge in [-0.15, -0.1) is 0 Å². The molecule has 6 heteroatoms. The molecule has 0 saturated carbocycles. The fraction of sp³-hybridized carbons (Fsp3) is 0.381. The van der Waals surface area contributed by atoms with Gasteiger partial charge in [-0.2, -0.15) is 0 Å². The van der Waals surface area contributed by atoms with Crippen molar-refractivity contribution in [1.29, 1.82) is 0 Å². The van der Waals surface area contributed by atoms with Crippen molar-refractivity contribution in [2.45, 2.75) is 26.2 Å². The summed E-state index contributed by atoms with van der Waals surface area (Å²) in [6.07, 6.45) is 0. The maximum Gasteiger partial charge on any atom is 0.243 e. The van der Waals surface area contributed by atoms with Gasteiger partial charge in [-0.05, 0) is 17.0 Å². The van der Waals surface area contributed by atoms with E-state index in [-0.39, 0.29) is 17.9 Å². The van der Waals surface area contributed by atoms with Crippen molar-refractivity contribution < 1.29 is 19.0 Å². The first-order valence-electron chi connectivity index (χ1n) is 8.73. The molecule has 2 aromatic carbocycles. The SMILES string of the molecule is COc1cc(NC(=O)CNc2ccccc2C(C)(C)C)cc(OC)c1OC. The van der Waals surface area contributed by atoms with Crippen LogP contribution in [0.1, 0.15) is 26.3 Å². The predicted octanol–water partition coefficient (Wildman–Crippen LogP) is 4.06. The number of anilines is 2. The normalized spacial score (nSPS) is 10.9. The molecule has 6 nitrogen and oxygen atoms in total. The lowest BCUT2D eigenvalue weighted by molar-refractivity contribution is -0.114. The summed E-state index contributed by atoms with van der Waals surface area (Å²) < 4.78 is 15.9. The number of carbonyl (C=O) groups excluding carboxylic acids is 1. The zero-order valence-electron chi connectivity index (χ0n) is 16.8. The van der Waals surface area contributed by atoms with Crippen LogP contribution >= 0.6 is 0 Å². The molecular formula is C21H28N2O4. The molecule has 0 radical (unpaired) electrons. The van der Waals surface area contributed by atoms with E-state index in [4.69, 9.17) is 14.2 Å². The molecular weight excluding hydrogens is 344 g/mol. The van der Waals surface area contributed by atoms with Crippen molar-refractivity contribution >= 4 is 17.3 Å². The highest BCUT2D eigenvalue weighted by atomic mass is 16.5. The Morgan fingerprint density at radius 2 is 1.56 bits per heavy atom. The molecule has 2 aromatic rings. The molecule has 27 heavy (non-hydrogen) atoms. The molecule has 0 spiro atoms. The van der Waals surface area contributed by atoms with Gasteiger partial charge in [0.2, 0.25) is 11.7 Å². The number of methoxy groups -OCH3 is 3. The Morgan fingerprint density at radius 3 is 2.07 bits per heavy atom. The number of hydrogen-bond acceptors (Lipinski definition) is 5. The molecule has 0 saturated heterocycles. The van der Waals surface area contributed by atoms with Crippen molar-refractivity contribution in [2.24, 2.45) is 0 Å². The second kappa shape index (κ2) is 8.66. The summed E-state index contributed by atoms with van der Waals surface area (Å²) in [5, 5.41) is 6.07. The quantitative estimate of drug-likeness (QED) is 0.767. The minimum atomic E-state index is -0.173. The molecule has 0 aliphatic carbocycles. The van der Waals surface area contributed by atoms with Crippen LogP contribution in [0.4, 0.5) is 11.4 Å². The fourth-order valence-electron chi connectivity index (χ4n) is 2.83. The van der Waals surface area contributed by atoms with Crippen LogP contribution in [-0.4, -0.2) is 33.8 Å². The summed E-state index contributed by atoms with van der Waals surface area (Å²) in [4.78, 5) is 12.4. The lowest BCUT2D eigenvalue weighted by Gasteiger charge is -2.23. The third-order valence-electron chi connectivity index (χ3n) is 4.12. The molecule has 0 aromatic heterocycles. The second-order valence-electron chi connectivity index (χ2n) is 7.11. The number of amides is 1. The Hall–Kier alpha value is -2.89. The van der Waals surface area contributed by atoms with Gasteiger partial charge in [0.25, 0.3) is 0 Å². The van der Waals surface area contributed by atoms with Gasteiger partial charge in [0.15, 0.2) is 11.5 Å². The minimum absolute atomic E-state index is 0.0171. The number of ether oxygens (including phenoxy) is 3. The van der Waals surface area contributed by atoms with Gasteiger partial charge in [0.05, 0.1) is 27.9 Å². The van der Waals surface area contributed by atoms with Gasteiger partial charge in [0.1, 0.15) is 0 Å². The zero-order chi connectivity index (χ0) is 20.0. The topological polar surface area (TPSA) is 68.8 Å². The van der Waals surface area contributed by atoms with Gasteiger partial charge in [-0.3, -0.25) is 4.79 Å². The number of rotatable bonds is 7. The number of para-hydroxylation sites is 1. The predicted molar refractivity (Wildman–Crippen MR) is 108 cm³/mol. The van der Waals surface area contributed by atoms with E-state index in [2.05, 4.69) is 37.5 Å². The molecule has 2 rings (SSSR count). The second-order valence-corrected chi connectivity index (χ2v) is 7.11. The van der Waals surface area contributed by atoms with Gasteiger partial charge >= 0.3 is 0 Å². The van der Waals surface area contributed by atoms with Crippen LogP contribution in [0.25, 0.3) is 0 Å². The molecule has 0 unspecified atom stereocenters. The van der Waals surface area contributed by atoms with Crippen LogP contribution in [0.2, 0.25) is 0 Å². The number of benzene rings is 2. The van der Waals surface area contributed by atoms with E-state index < -0.39 is 0 Å². The van der Waals surface area contributed by atoms with E-state index in [1.54, 1.807) is 12.1 Å². The van der Waals surface area contributed by atoms with E-state index >= 15 is 0 Å². The van der Waals surface area contributed by atoms with Crippen molar-refractivity contribution in [3.63, 3.8) is 0 Å². The number of hydrogen-bond donors (Lipinski definition) is 2. The Kier molecular flexibility index (Phi) is 6.55. The average molecular weight is 372 g/mol. The molecule has 2 N–H and O–H groups in total. The van der Waals surface area contributed by atoms with E-state index in [1.807, 2.05) is 18.2 Å². The third kappa shape index (κ3) is 5.06. The van der Waals surface area contributed by atoms with Gasteiger partial charge in [0, 0.05) is 23.5 Å². The Morgan fingerprint density at radius 1 is 0.963 bits per heavy atom. The Bertz CT molecular complexity index is 772.